The number of carbonyl (C=O) groups is 2. The average molecular weight is 342 g/mol. The van der Waals surface area contributed by atoms with Crippen LogP contribution in [0.2, 0.25) is 0 Å². The molecule has 2 aliphatic rings. The van der Waals surface area contributed by atoms with Gasteiger partial charge in [0.1, 0.15) is 0 Å². The van der Waals surface area contributed by atoms with Gasteiger partial charge in [0.15, 0.2) is 5.76 Å². The topological polar surface area (TPSA) is 74.6 Å². The summed E-state index contributed by atoms with van der Waals surface area (Å²) in [4.78, 5) is 25.8. The number of rotatable bonds is 4. The number of carbonyl (C=O) groups excluding carboxylic acids is 2. The highest BCUT2D eigenvalue weighted by Crippen LogP contribution is 2.36. The number of hydrogen-bond acceptors (Lipinski definition) is 4. The van der Waals surface area contributed by atoms with Crippen LogP contribution in [0.15, 0.2) is 22.8 Å². The first kappa shape index (κ1) is 17.8. The summed E-state index contributed by atoms with van der Waals surface area (Å²) in [5.41, 5.74) is 0.421. The molecular weight excluding hydrogens is 318 g/mol. The Morgan fingerprint density at radius 1 is 1.30 bits per heavy atom. The fourth-order valence-corrected chi connectivity index (χ4v) is 3.39. The lowest BCUT2D eigenvalue weighted by atomic mass is 9.78. The van der Waals surface area contributed by atoms with Gasteiger partial charge in [0, 0.05) is 32.6 Å². The van der Waals surface area contributed by atoms with E-state index in [0.29, 0.717) is 18.4 Å². The van der Waals surface area contributed by atoms with Crippen LogP contribution >= 0.6 is 12.4 Å². The van der Waals surface area contributed by atoms with Gasteiger partial charge in [0.25, 0.3) is 5.91 Å². The molecule has 0 atom stereocenters. The molecule has 0 radical (unpaired) electrons. The van der Waals surface area contributed by atoms with Gasteiger partial charge in [-0.05, 0) is 43.4 Å². The van der Waals surface area contributed by atoms with E-state index in [1.807, 2.05) is 4.90 Å². The molecule has 1 spiro atoms. The Kier molecular flexibility index (Phi) is 6.07. The molecule has 0 unspecified atom stereocenters. The molecule has 2 aliphatic heterocycles. The van der Waals surface area contributed by atoms with Crippen LogP contribution in [0.4, 0.5) is 0 Å². The zero-order valence-electron chi connectivity index (χ0n) is 13.2. The second-order valence-electron chi connectivity index (χ2n) is 6.29. The van der Waals surface area contributed by atoms with E-state index in [1.165, 1.54) is 12.7 Å². The van der Waals surface area contributed by atoms with Crippen LogP contribution in [0, 0.1) is 5.41 Å². The van der Waals surface area contributed by atoms with Crippen LogP contribution in [0.5, 0.6) is 0 Å². The zero-order chi connectivity index (χ0) is 15.4. The van der Waals surface area contributed by atoms with Crippen LogP contribution < -0.4 is 10.6 Å². The second-order valence-corrected chi connectivity index (χ2v) is 6.29. The fraction of sp³-hybridized carbons (Fsp3) is 0.625. The molecule has 0 saturated carbocycles. The molecule has 1 aromatic rings. The van der Waals surface area contributed by atoms with Crippen molar-refractivity contribution in [3.8, 4) is 0 Å². The maximum Gasteiger partial charge on any atom is 0.286 e. The minimum Gasteiger partial charge on any atom is -0.459 e. The normalized spacial score (nSPS) is 19.4. The molecule has 7 heteroatoms. The Balaban J connectivity index is 0.00000192. The van der Waals surface area contributed by atoms with Crippen molar-refractivity contribution in [3.05, 3.63) is 24.2 Å². The monoisotopic (exact) mass is 341 g/mol. The first-order valence-corrected chi connectivity index (χ1v) is 7.99. The summed E-state index contributed by atoms with van der Waals surface area (Å²) in [6.07, 6.45) is 5.21. The van der Waals surface area contributed by atoms with E-state index in [4.69, 9.17) is 4.42 Å². The van der Waals surface area contributed by atoms with Crippen LogP contribution in [-0.2, 0) is 4.79 Å². The lowest BCUT2D eigenvalue weighted by Crippen LogP contribution is -2.44. The summed E-state index contributed by atoms with van der Waals surface area (Å²) in [6.45, 7) is 4.22. The maximum absolute atomic E-state index is 12.2. The summed E-state index contributed by atoms with van der Waals surface area (Å²) in [7, 11) is 0. The number of likely N-dealkylation sites (tertiary alicyclic amines) is 1. The number of piperidine rings is 1. The van der Waals surface area contributed by atoms with Gasteiger partial charge in [0.2, 0.25) is 5.91 Å². The third kappa shape index (κ3) is 4.26. The van der Waals surface area contributed by atoms with Crippen molar-refractivity contribution in [1.82, 2.24) is 15.5 Å². The van der Waals surface area contributed by atoms with E-state index in [-0.39, 0.29) is 30.0 Å². The molecule has 0 aromatic carbocycles. The Bertz CT molecular complexity index is 517. The molecule has 3 rings (SSSR count). The van der Waals surface area contributed by atoms with Gasteiger partial charge >= 0.3 is 0 Å². The van der Waals surface area contributed by atoms with Crippen LogP contribution in [0.3, 0.4) is 0 Å². The van der Waals surface area contributed by atoms with Crippen molar-refractivity contribution in [3.63, 3.8) is 0 Å². The summed E-state index contributed by atoms with van der Waals surface area (Å²) >= 11 is 0. The molecule has 2 amide bonds. The summed E-state index contributed by atoms with van der Waals surface area (Å²) in [5.74, 6) is 0.133. The van der Waals surface area contributed by atoms with Crippen LogP contribution in [0.25, 0.3) is 0 Å². The van der Waals surface area contributed by atoms with Crippen molar-refractivity contribution in [1.29, 1.82) is 0 Å². The Labute approximate surface area is 142 Å². The summed E-state index contributed by atoms with van der Waals surface area (Å²) < 4.78 is 5.01. The van der Waals surface area contributed by atoms with Gasteiger partial charge in [-0.15, -0.1) is 12.4 Å². The van der Waals surface area contributed by atoms with Gasteiger partial charge in [-0.2, -0.15) is 0 Å². The molecule has 0 aliphatic carbocycles. The lowest BCUT2D eigenvalue weighted by molar-refractivity contribution is -0.133. The number of amides is 2. The van der Waals surface area contributed by atoms with Crippen LogP contribution in [0.1, 0.15) is 36.2 Å². The number of nitrogens with zero attached hydrogens (tertiary/aromatic N) is 1. The van der Waals surface area contributed by atoms with Gasteiger partial charge < -0.3 is 20.0 Å². The van der Waals surface area contributed by atoms with Gasteiger partial charge in [-0.1, -0.05) is 0 Å². The lowest BCUT2D eigenvalue weighted by Gasteiger charge is -2.39. The average Bonchev–Trinajstić information content (AvgIpc) is 3.20. The highest BCUT2D eigenvalue weighted by molar-refractivity contribution is 5.91. The van der Waals surface area contributed by atoms with Crippen molar-refractivity contribution in [2.24, 2.45) is 5.41 Å². The van der Waals surface area contributed by atoms with Gasteiger partial charge in [0.05, 0.1) is 6.26 Å². The largest absolute Gasteiger partial charge is 0.459 e. The highest BCUT2D eigenvalue weighted by atomic mass is 35.5. The zero-order valence-corrected chi connectivity index (χ0v) is 14.0. The van der Waals surface area contributed by atoms with E-state index >= 15 is 0 Å². The molecule has 6 nitrogen and oxygen atoms in total. The maximum atomic E-state index is 12.2. The smallest absolute Gasteiger partial charge is 0.286 e. The highest BCUT2D eigenvalue weighted by Gasteiger charge is 2.37. The van der Waals surface area contributed by atoms with E-state index in [1.54, 1.807) is 12.1 Å². The SMILES string of the molecule is Cl.O=C(NCCC(=O)N1CCC2(CCNC2)CC1)c1ccco1. The van der Waals surface area contributed by atoms with Gasteiger partial charge in [-0.3, -0.25) is 9.59 Å². The standard InChI is InChI=1S/C16H23N3O3.ClH/c20-14(3-7-18-15(21)13-2-1-11-22-13)19-9-5-16(6-10-19)4-8-17-12-16;/h1-2,11,17H,3-10,12H2,(H,18,21);1H. The first-order valence-electron chi connectivity index (χ1n) is 7.99. The quantitative estimate of drug-likeness (QED) is 0.868. The predicted molar refractivity (Wildman–Crippen MR) is 88.6 cm³/mol. The molecule has 1 aromatic heterocycles. The molecule has 3 heterocycles. The predicted octanol–water partition coefficient (Wildman–Crippen LogP) is 1.42. The second kappa shape index (κ2) is 7.84. The Morgan fingerprint density at radius 3 is 2.70 bits per heavy atom. The van der Waals surface area contributed by atoms with E-state index in [2.05, 4.69) is 10.6 Å². The molecule has 2 N–H and O–H groups in total. The van der Waals surface area contributed by atoms with Crippen molar-refractivity contribution in [2.45, 2.75) is 25.7 Å². The summed E-state index contributed by atoms with van der Waals surface area (Å²) in [6, 6.07) is 3.28. The molecule has 2 saturated heterocycles. The minimum atomic E-state index is -0.271. The summed E-state index contributed by atoms with van der Waals surface area (Å²) in [5, 5.41) is 6.14. The molecule has 0 bridgehead atoms. The molecule has 128 valence electrons. The van der Waals surface area contributed by atoms with Gasteiger partial charge in [-0.25, -0.2) is 0 Å². The molecule has 23 heavy (non-hydrogen) atoms. The first-order chi connectivity index (χ1) is 10.7. The third-order valence-corrected chi connectivity index (χ3v) is 4.88. The van der Waals surface area contributed by atoms with Crippen molar-refractivity contribution < 1.29 is 14.0 Å². The van der Waals surface area contributed by atoms with Crippen molar-refractivity contribution >= 4 is 24.2 Å². The van der Waals surface area contributed by atoms with E-state index in [9.17, 15) is 9.59 Å². The number of nitrogens with one attached hydrogen (secondary N) is 2. The molecule has 2 fully saturated rings. The Hall–Kier alpha value is -1.53. The van der Waals surface area contributed by atoms with Crippen LogP contribution in [-0.4, -0.2) is 49.4 Å². The third-order valence-electron chi connectivity index (χ3n) is 4.88. The Morgan fingerprint density at radius 2 is 2.09 bits per heavy atom. The molecular formula is C16H24ClN3O3. The number of halogens is 1. The number of hydrogen-bond donors (Lipinski definition) is 2. The fourth-order valence-electron chi connectivity index (χ4n) is 3.39. The van der Waals surface area contributed by atoms with E-state index < -0.39 is 0 Å². The van der Waals surface area contributed by atoms with E-state index in [0.717, 1.165) is 39.0 Å². The van der Waals surface area contributed by atoms with Crippen molar-refractivity contribution in [2.75, 3.05) is 32.7 Å². The minimum absolute atomic E-state index is 0. The number of furan rings is 1.